The summed E-state index contributed by atoms with van der Waals surface area (Å²) in [6, 6.07) is 12.3. The van der Waals surface area contributed by atoms with E-state index in [4.69, 9.17) is 0 Å². The number of hydrogen-bond donors (Lipinski definition) is 1. The minimum atomic E-state index is -0.598. The Morgan fingerprint density at radius 1 is 1.09 bits per heavy atom. The number of nitrogens with one attached hydrogen (secondary N) is 1. The van der Waals surface area contributed by atoms with E-state index in [2.05, 4.69) is 22.4 Å². The second-order valence-electron chi connectivity index (χ2n) is 9.54. The fourth-order valence-electron chi connectivity index (χ4n) is 5.66. The minimum absolute atomic E-state index is 0.0373. The molecular weight excluding hydrogens is 398 g/mol. The molecule has 32 heavy (non-hydrogen) atoms. The van der Waals surface area contributed by atoms with Crippen LogP contribution in [0.15, 0.2) is 48.8 Å². The molecule has 2 heterocycles. The van der Waals surface area contributed by atoms with Crippen LogP contribution in [0, 0.1) is 11.3 Å². The van der Waals surface area contributed by atoms with Gasteiger partial charge in [-0.25, -0.2) is 0 Å². The van der Waals surface area contributed by atoms with Gasteiger partial charge in [0.05, 0.1) is 5.41 Å². The van der Waals surface area contributed by atoms with E-state index in [-0.39, 0.29) is 11.8 Å². The Bertz CT molecular complexity index is 924. The molecule has 1 aromatic carbocycles. The molecule has 5 nitrogen and oxygen atoms in total. The summed E-state index contributed by atoms with van der Waals surface area (Å²) in [7, 11) is 1.71. The maximum atomic E-state index is 13.2. The summed E-state index contributed by atoms with van der Waals surface area (Å²) in [5, 5.41) is 2.90. The molecule has 2 amide bonds. The van der Waals surface area contributed by atoms with Crippen LogP contribution in [-0.2, 0) is 16.0 Å². The average Bonchev–Trinajstić information content (AvgIpc) is 3.37. The third-order valence-electron chi connectivity index (χ3n) is 7.42. The van der Waals surface area contributed by atoms with Crippen molar-refractivity contribution in [3.8, 4) is 11.1 Å². The molecule has 2 aromatic rings. The van der Waals surface area contributed by atoms with Gasteiger partial charge in [0.1, 0.15) is 0 Å². The molecule has 1 N–H and O–H groups in total. The Hall–Kier alpha value is -2.69. The van der Waals surface area contributed by atoms with Crippen LogP contribution < -0.4 is 5.32 Å². The Morgan fingerprint density at radius 2 is 1.84 bits per heavy atom. The van der Waals surface area contributed by atoms with Crippen molar-refractivity contribution in [2.75, 3.05) is 20.1 Å². The van der Waals surface area contributed by atoms with E-state index in [1.807, 2.05) is 29.2 Å². The highest BCUT2D eigenvalue weighted by Gasteiger charge is 2.43. The number of amides is 2. The van der Waals surface area contributed by atoms with Crippen LogP contribution >= 0.6 is 0 Å². The smallest absolute Gasteiger partial charge is 0.228 e. The first kappa shape index (κ1) is 22.5. The van der Waals surface area contributed by atoms with Crippen LogP contribution in [0.25, 0.3) is 11.1 Å². The highest BCUT2D eigenvalue weighted by molar-refractivity contribution is 5.85. The van der Waals surface area contributed by atoms with E-state index in [1.165, 1.54) is 25.7 Å². The molecule has 2 fully saturated rings. The molecular formula is C27H35N3O2. The number of carbonyl (C=O) groups is 2. The standard InChI is InChI=1S/C27H35N3O2/c1-28-26(32)27(19-23-9-4-5-10-24(23)22-13-16-29-17-14-22)15-6-18-30(20-27)25(31)12-11-21-7-2-3-8-21/h4-5,9-10,13-14,16-17,21H,2-3,6-8,11-12,15,18-20H2,1H3,(H,28,32). The summed E-state index contributed by atoms with van der Waals surface area (Å²) in [5.41, 5.74) is 2.77. The zero-order chi connectivity index (χ0) is 22.4. The molecule has 0 spiro atoms. The molecule has 1 unspecified atom stereocenters. The highest BCUT2D eigenvalue weighted by Crippen LogP contribution is 2.37. The third kappa shape index (κ3) is 5.03. The monoisotopic (exact) mass is 433 g/mol. The molecule has 1 aliphatic heterocycles. The summed E-state index contributed by atoms with van der Waals surface area (Å²) in [6.07, 6.45) is 12.6. The van der Waals surface area contributed by atoms with Crippen molar-refractivity contribution in [1.82, 2.24) is 15.2 Å². The fraction of sp³-hybridized carbons (Fsp3) is 0.519. The summed E-state index contributed by atoms with van der Waals surface area (Å²) < 4.78 is 0. The van der Waals surface area contributed by atoms with Crippen LogP contribution in [0.5, 0.6) is 0 Å². The van der Waals surface area contributed by atoms with Crippen LogP contribution in [0.4, 0.5) is 0 Å². The quantitative estimate of drug-likeness (QED) is 0.693. The van der Waals surface area contributed by atoms with E-state index in [0.717, 1.165) is 42.5 Å². The Morgan fingerprint density at radius 3 is 2.59 bits per heavy atom. The lowest BCUT2D eigenvalue weighted by molar-refractivity contribution is -0.141. The zero-order valence-corrected chi connectivity index (χ0v) is 19.2. The molecule has 170 valence electrons. The van der Waals surface area contributed by atoms with Crippen molar-refractivity contribution >= 4 is 11.8 Å². The molecule has 0 bridgehead atoms. The Balaban J connectivity index is 1.54. The lowest BCUT2D eigenvalue weighted by Crippen LogP contribution is -2.54. The summed E-state index contributed by atoms with van der Waals surface area (Å²) >= 11 is 0. The van der Waals surface area contributed by atoms with Crippen LogP contribution in [-0.4, -0.2) is 41.8 Å². The van der Waals surface area contributed by atoms with Crippen LogP contribution in [0.3, 0.4) is 0 Å². The van der Waals surface area contributed by atoms with Crippen LogP contribution in [0.1, 0.15) is 56.9 Å². The van der Waals surface area contributed by atoms with Gasteiger partial charge in [-0.2, -0.15) is 0 Å². The van der Waals surface area contributed by atoms with Gasteiger partial charge in [-0.3, -0.25) is 14.6 Å². The van der Waals surface area contributed by atoms with Gasteiger partial charge in [-0.1, -0.05) is 49.9 Å². The molecule has 0 radical (unpaired) electrons. The number of benzene rings is 1. The van der Waals surface area contributed by atoms with Crippen molar-refractivity contribution in [2.45, 2.75) is 57.8 Å². The van der Waals surface area contributed by atoms with E-state index < -0.39 is 5.41 Å². The summed E-state index contributed by atoms with van der Waals surface area (Å²) in [5.74, 6) is 0.960. The number of hydrogen-bond acceptors (Lipinski definition) is 3. The minimum Gasteiger partial charge on any atom is -0.359 e. The van der Waals surface area contributed by atoms with Gasteiger partial charge >= 0.3 is 0 Å². The average molecular weight is 434 g/mol. The molecule has 1 saturated carbocycles. The molecule has 1 atom stereocenters. The predicted octanol–water partition coefficient (Wildman–Crippen LogP) is 4.62. The van der Waals surface area contributed by atoms with E-state index >= 15 is 0 Å². The van der Waals surface area contributed by atoms with E-state index in [9.17, 15) is 9.59 Å². The van der Waals surface area contributed by atoms with Crippen molar-refractivity contribution in [3.63, 3.8) is 0 Å². The number of piperidine rings is 1. The Labute approximate surface area is 191 Å². The van der Waals surface area contributed by atoms with E-state index in [1.54, 1.807) is 19.4 Å². The van der Waals surface area contributed by atoms with Gasteiger partial charge in [0, 0.05) is 39.0 Å². The predicted molar refractivity (Wildman–Crippen MR) is 127 cm³/mol. The zero-order valence-electron chi connectivity index (χ0n) is 19.2. The second kappa shape index (κ2) is 10.3. The molecule has 1 aromatic heterocycles. The van der Waals surface area contributed by atoms with Gasteiger partial charge in [-0.15, -0.1) is 0 Å². The second-order valence-corrected chi connectivity index (χ2v) is 9.54. The molecule has 5 heteroatoms. The number of rotatable bonds is 7. The molecule has 1 saturated heterocycles. The van der Waals surface area contributed by atoms with Gasteiger partial charge in [0.15, 0.2) is 0 Å². The Kier molecular flexibility index (Phi) is 7.23. The van der Waals surface area contributed by atoms with Crippen LogP contribution in [0.2, 0.25) is 0 Å². The van der Waals surface area contributed by atoms with Gasteiger partial charge in [0.25, 0.3) is 0 Å². The maximum absolute atomic E-state index is 13.2. The number of aromatic nitrogens is 1. The first-order valence-electron chi connectivity index (χ1n) is 12.1. The number of nitrogens with zero attached hydrogens (tertiary/aromatic N) is 2. The number of pyridine rings is 1. The van der Waals surface area contributed by atoms with Crippen molar-refractivity contribution < 1.29 is 9.59 Å². The van der Waals surface area contributed by atoms with Gasteiger partial charge in [0.2, 0.25) is 11.8 Å². The molecule has 1 aliphatic carbocycles. The SMILES string of the molecule is CNC(=O)C1(Cc2ccccc2-c2ccncc2)CCCN(C(=O)CCC2CCCC2)C1. The fourth-order valence-corrected chi connectivity index (χ4v) is 5.66. The van der Waals surface area contributed by atoms with Crippen molar-refractivity contribution in [3.05, 3.63) is 54.4 Å². The lowest BCUT2D eigenvalue weighted by atomic mass is 9.73. The number of likely N-dealkylation sites (tertiary alicyclic amines) is 1. The topological polar surface area (TPSA) is 62.3 Å². The third-order valence-corrected chi connectivity index (χ3v) is 7.42. The largest absolute Gasteiger partial charge is 0.359 e. The first-order valence-corrected chi connectivity index (χ1v) is 12.1. The van der Waals surface area contributed by atoms with Crippen molar-refractivity contribution in [2.24, 2.45) is 11.3 Å². The number of carbonyl (C=O) groups excluding carboxylic acids is 2. The maximum Gasteiger partial charge on any atom is 0.228 e. The highest BCUT2D eigenvalue weighted by atomic mass is 16.2. The summed E-state index contributed by atoms with van der Waals surface area (Å²) in [4.78, 5) is 32.4. The van der Waals surface area contributed by atoms with Crippen molar-refractivity contribution in [1.29, 1.82) is 0 Å². The lowest BCUT2D eigenvalue weighted by Gasteiger charge is -2.42. The summed E-state index contributed by atoms with van der Waals surface area (Å²) in [6.45, 7) is 1.26. The van der Waals surface area contributed by atoms with Gasteiger partial charge < -0.3 is 10.2 Å². The molecule has 2 aliphatic rings. The first-order chi connectivity index (χ1) is 15.6. The van der Waals surface area contributed by atoms with Gasteiger partial charge in [-0.05, 0) is 60.4 Å². The molecule has 4 rings (SSSR count). The normalized spacial score (nSPS) is 21.5. The van der Waals surface area contributed by atoms with E-state index in [0.29, 0.717) is 25.3 Å².